The molecule has 19 heavy (non-hydrogen) atoms. The van der Waals surface area contributed by atoms with Crippen LogP contribution in [0.1, 0.15) is 17.3 Å². The van der Waals surface area contributed by atoms with Crippen molar-refractivity contribution < 1.29 is 9.21 Å². The van der Waals surface area contributed by atoms with Crippen LogP contribution < -0.4 is 11.1 Å². The maximum Gasteiger partial charge on any atom is 0.244 e. The lowest BCUT2D eigenvalue weighted by atomic mass is 10.4. The number of nitrogen functional groups attached to an aromatic ring is 1. The second-order valence-corrected chi connectivity index (χ2v) is 3.90. The maximum absolute atomic E-state index is 11.6. The monoisotopic (exact) mass is 258 g/mol. The van der Waals surface area contributed by atoms with Gasteiger partial charge in [0.2, 0.25) is 5.91 Å². The molecule has 0 aliphatic rings. The fraction of sp³-hybridized carbons (Fsp3) is 0.154. The third kappa shape index (κ3) is 3.95. The summed E-state index contributed by atoms with van der Waals surface area (Å²) in [6, 6.07) is 5.21. The molecular weight excluding hydrogens is 244 g/mol. The number of hydrogen-bond acceptors (Lipinski definition) is 5. The van der Waals surface area contributed by atoms with Gasteiger partial charge in [-0.2, -0.15) is 0 Å². The molecule has 0 fully saturated rings. The van der Waals surface area contributed by atoms with Gasteiger partial charge in [0.15, 0.2) is 0 Å². The third-order valence-electron chi connectivity index (χ3n) is 2.31. The van der Waals surface area contributed by atoms with Crippen molar-refractivity contribution in [2.45, 2.75) is 13.5 Å². The van der Waals surface area contributed by atoms with E-state index in [0.29, 0.717) is 17.4 Å². The lowest BCUT2D eigenvalue weighted by molar-refractivity contribution is -0.116. The van der Waals surface area contributed by atoms with Gasteiger partial charge in [0, 0.05) is 12.3 Å². The van der Waals surface area contributed by atoms with Gasteiger partial charge in [-0.25, -0.2) is 9.97 Å². The molecule has 0 spiro atoms. The Morgan fingerprint density at radius 2 is 2.32 bits per heavy atom. The van der Waals surface area contributed by atoms with Gasteiger partial charge in [0.25, 0.3) is 0 Å². The highest BCUT2D eigenvalue weighted by molar-refractivity contribution is 5.91. The second-order valence-electron chi connectivity index (χ2n) is 3.90. The molecule has 2 aromatic heterocycles. The minimum absolute atomic E-state index is 0.228. The summed E-state index contributed by atoms with van der Waals surface area (Å²) < 4.78 is 5.30. The first-order chi connectivity index (χ1) is 9.13. The van der Waals surface area contributed by atoms with E-state index in [1.807, 2.05) is 13.0 Å². The summed E-state index contributed by atoms with van der Waals surface area (Å²) in [6.07, 6.45) is 4.54. The number of anilines is 1. The summed E-state index contributed by atoms with van der Waals surface area (Å²) in [5.41, 5.74) is 5.51. The summed E-state index contributed by atoms with van der Waals surface area (Å²) >= 11 is 0. The molecule has 0 unspecified atom stereocenters. The van der Waals surface area contributed by atoms with Crippen molar-refractivity contribution in [3.05, 3.63) is 47.8 Å². The van der Waals surface area contributed by atoms with Crippen molar-refractivity contribution in [1.82, 2.24) is 15.3 Å². The Balaban J connectivity index is 1.86. The number of carbonyl (C=O) groups excluding carboxylic acids is 1. The van der Waals surface area contributed by atoms with Crippen LogP contribution in [0.15, 0.2) is 34.9 Å². The molecule has 2 heterocycles. The quantitative estimate of drug-likeness (QED) is 0.806. The van der Waals surface area contributed by atoms with Crippen LogP contribution in [-0.2, 0) is 11.3 Å². The van der Waals surface area contributed by atoms with Crippen LogP contribution in [0.5, 0.6) is 0 Å². The van der Waals surface area contributed by atoms with E-state index in [1.165, 1.54) is 6.08 Å². The topological polar surface area (TPSA) is 94.0 Å². The maximum atomic E-state index is 11.6. The Hall–Kier alpha value is -2.63. The highest BCUT2D eigenvalue weighted by Gasteiger charge is 2.00. The number of amides is 1. The number of nitrogens with zero attached hydrogens (tertiary/aromatic N) is 2. The summed E-state index contributed by atoms with van der Waals surface area (Å²) in [6.45, 7) is 2.07. The fourth-order valence-electron chi connectivity index (χ4n) is 1.43. The largest absolute Gasteiger partial charge is 0.462 e. The lowest BCUT2D eigenvalue weighted by Gasteiger charge is -2.01. The lowest BCUT2D eigenvalue weighted by Crippen LogP contribution is -2.21. The van der Waals surface area contributed by atoms with E-state index in [0.717, 1.165) is 5.76 Å². The second kappa shape index (κ2) is 5.81. The normalized spacial score (nSPS) is 10.8. The molecule has 2 rings (SSSR count). The molecule has 1 amide bonds. The van der Waals surface area contributed by atoms with Crippen molar-refractivity contribution >= 4 is 17.8 Å². The van der Waals surface area contributed by atoms with Crippen molar-refractivity contribution in [3.8, 4) is 0 Å². The molecule has 0 aliphatic heterocycles. The van der Waals surface area contributed by atoms with Crippen LogP contribution in [0.4, 0.5) is 5.82 Å². The van der Waals surface area contributed by atoms with Gasteiger partial charge in [-0.05, 0) is 31.2 Å². The predicted octanol–water partition coefficient (Wildman–Crippen LogP) is 1.29. The minimum atomic E-state index is -0.250. The Morgan fingerprint density at radius 3 is 3.00 bits per heavy atom. The van der Waals surface area contributed by atoms with Gasteiger partial charge in [-0.3, -0.25) is 4.79 Å². The van der Waals surface area contributed by atoms with Crippen LogP contribution in [0.3, 0.4) is 0 Å². The van der Waals surface area contributed by atoms with Crippen molar-refractivity contribution in [2.75, 3.05) is 5.73 Å². The van der Waals surface area contributed by atoms with Crippen molar-refractivity contribution in [1.29, 1.82) is 0 Å². The molecule has 0 aromatic carbocycles. The molecule has 98 valence electrons. The van der Waals surface area contributed by atoms with E-state index in [-0.39, 0.29) is 12.5 Å². The first-order valence-electron chi connectivity index (χ1n) is 5.73. The molecule has 0 atom stereocenters. The number of nitrogens with one attached hydrogen (secondary N) is 1. The van der Waals surface area contributed by atoms with E-state index in [1.54, 1.807) is 24.4 Å². The number of nitrogens with two attached hydrogens (primary N) is 1. The van der Waals surface area contributed by atoms with E-state index < -0.39 is 0 Å². The van der Waals surface area contributed by atoms with Crippen molar-refractivity contribution in [3.63, 3.8) is 0 Å². The summed E-state index contributed by atoms with van der Waals surface area (Å²) in [7, 11) is 0. The summed E-state index contributed by atoms with van der Waals surface area (Å²) in [5.74, 6) is 2.03. The molecule has 6 nitrogen and oxygen atoms in total. The Bertz CT molecular complexity index is 604. The van der Waals surface area contributed by atoms with Crippen LogP contribution >= 0.6 is 0 Å². The van der Waals surface area contributed by atoms with Crippen molar-refractivity contribution in [2.24, 2.45) is 0 Å². The van der Waals surface area contributed by atoms with E-state index in [2.05, 4.69) is 15.3 Å². The Morgan fingerprint density at radius 1 is 1.47 bits per heavy atom. The van der Waals surface area contributed by atoms with Gasteiger partial charge < -0.3 is 15.5 Å². The number of hydrogen-bond donors (Lipinski definition) is 2. The van der Waals surface area contributed by atoms with E-state index >= 15 is 0 Å². The van der Waals surface area contributed by atoms with E-state index in [9.17, 15) is 4.79 Å². The average molecular weight is 258 g/mol. The number of carbonyl (C=O) groups is 1. The SMILES string of the molecule is Cc1ccc(/C=C/C(=O)NCc2nccc(N)n2)o1. The van der Waals surface area contributed by atoms with E-state index in [4.69, 9.17) is 10.2 Å². The first kappa shape index (κ1) is 12.8. The molecule has 3 N–H and O–H groups in total. The van der Waals surface area contributed by atoms with Crippen LogP contribution in [0, 0.1) is 6.92 Å². The van der Waals surface area contributed by atoms with Crippen LogP contribution in [0.2, 0.25) is 0 Å². The molecule has 0 bridgehead atoms. The molecule has 0 saturated carbocycles. The van der Waals surface area contributed by atoms with Gasteiger partial charge in [0.05, 0.1) is 6.54 Å². The number of aromatic nitrogens is 2. The first-order valence-corrected chi connectivity index (χ1v) is 5.73. The zero-order valence-electron chi connectivity index (χ0n) is 10.5. The molecular formula is C13H14N4O2. The molecule has 0 radical (unpaired) electrons. The number of furan rings is 1. The highest BCUT2D eigenvalue weighted by atomic mass is 16.3. The minimum Gasteiger partial charge on any atom is -0.462 e. The van der Waals surface area contributed by atoms with Gasteiger partial charge in [-0.1, -0.05) is 0 Å². The van der Waals surface area contributed by atoms with Gasteiger partial charge in [-0.15, -0.1) is 0 Å². The summed E-state index contributed by atoms with van der Waals surface area (Å²) in [5, 5.41) is 2.66. The molecule has 0 aliphatic carbocycles. The Labute approximate surface area is 110 Å². The van der Waals surface area contributed by atoms with Crippen LogP contribution in [-0.4, -0.2) is 15.9 Å². The zero-order chi connectivity index (χ0) is 13.7. The number of aryl methyl sites for hydroxylation is 1. The fourth-order valence-corrected chi connectivity index (χ4v) is 1.43. The standard InChI is InChI=1S/C13H14N4O2/c1-9-2-3-10(19-9)4-5-13(18)16-8-12-15-7-6-11(14)17-12/h2-7H,8H2,1H3,(H,16,18)(H2,14,15,17)/b5-4+. The number of rotatable bonds is 4. The predicted molar refractivity (Wildman–Crippen MR) is 70.8 cm³/mol. The smallest absolute Gasteiger partial charge is 0.244 e. The third-order valence-corrected chi connectivity index (χ3v) is 2.31. The zero-order valence-corrected chi connectivity index (χ0v) is 10.5. The molecule has 6 heteroatoms. The van der Waals surface area contributed by atoms with Gasteiger partial charge in [0.1, 0.15) is 23.2 Å². The average Bonchev–Trinajstić information content (AvgIpc) is 2.80. The highest BCUT2D eigenvalue weighted by Crippen LogP contribution is 2.07. The molecule has 2 aromatic rings. The Kier molecular flexibility index (Phi) is 3.92. The van der Waals surface area contributed by atoms with Gasteiger partial charge >= 0.3 is 0 Å². The summed E-state index contributed by atoms with van der Waals surface area (Å²) in [4.78, 5) is 19.5. The van der Waals surface area contributed by atoms with Crippen LogP contribution in [0.25, 0.3) is 6.08 Å². The molecule has 0 saturated heterocycles.